The van der Waals surface area contributed by atoms with E-state index in [1.165, 1.54) is 20.8 Å². The molecule has 0 saturated carbocycles. The summed E-state index contributed by atoms with van der Waals surface area (Å²) in [6.07, 6.45) is -18.2. The van der Waals surface area contributed by atoms with E-state index in [-0.39, 0.29) is 118 Å². The maximum absolute atomic E-state index is 13.8. The van der Waals surface area contributed by atoms with Crippen molar-refractivity contribution < 1.29 is 141 Å². The van der Waals surface area contributed by atoms with E-state index >= 15 is 0 Å². The van der Waals surface area contributed by atoms with Crippen molar-refractivity contribution in [3.8, 4) is 0 Å². The molecule has 0 aliphatic carbocycles. The van der Waals surface area contributed by atoms with Crippen molar-refractivity contribution in [3.05, 3.63) is 0 Å². The van der Waals surface area contributed by atoms with E-state index in [0.717, 1.165) is 0 Å². The molecule has 3 aliphatic rings. The van der Waals surface area contributed by atoms with Crippen LogP contribution in [-0.4, -0.2) is 315 Å². The van der Waals surface area contributed by atoms with Gasteiger partial charge in [-0.15, -0.1) is 0 Å². The second-order valence-corrected chi connectivity index (χ2v) is 25.8. The molecule has 0 bridgehead atoms. The maximum Gasteiger partial charge on any atom is 0.243 e. The Balaban J connectivity index is 1.68. The summed E-state index contributed by atoms with van der Waals surface area (Å²) in [5.41, 5.74) is -1.81. The van der Waals surface area contributed by atoms with Gasteiger partial charge in [0.25, 0.3) is 0 Å². The van der Waals surface area contributed by atoms with Crippen LogP contribution in [0.4, 0.5) is 0 Å². The molecule has 0 aromatic carbocycles. The molecule has 3 fully saturated rings. The molecule has 39 heteroatoms. The van der Waals surface area contributed by atoms with E-state index in [1.54, 1.807) is 27.7 Å². The summed E-state index contributed by atoms with van der Waals surface area (Å²) in [4.78, 5) is 104. The normalized spacial score (nSPS) is 27.2. The molecule has 95 heavy (non-hydrogen) atoms. The van der Waals surface area contributed by atoms with Crippen LogP contribution in [0.5, 0.6) is 0 Å². The lowest BCUT2D eigenvalue weighted by molar-refractivity contribution is -0.272. The van der Waals surface area contributed by atoms with Crippen LogP contribution in [0.25, 0.3) is 0 Å². The van der Waals surface area contributed by atoms with E-state index in [4.69, 9.17) is 51.9 Å². The van der Waals surface area contributed by atoms with Crippen LogP contribution in [0.3, 0.4) is 0 Å². The van der Waals surface area contributed by atoms with Gasteiger partial charge in [-0.2, -0.15) is 0 Å². The van der Waals surface area contributed by atoms with Crippen molar-refractivity contribution in [2.24, 2.45) is 5.41 Å². The van der Waals surface area contributed by atoms with E-state index in [1.807, 2.05) is 0 Å². The number of hydrogen-bond donors (Lipinski definition) is 18. The molecule has 3 heterocycles. The third kappa shape index (κ3) is 31.5. The summed E-state index contributed by atoms with van der Waals surface area (Å²) in [7, 11) is -2.60. The summed E-state index contributed by atoms with van der Waals surface area (Å²) in [6.45, 7) is 6.99. The molecule has 3 rings (SSSR count). The molecule has 37 nitrogen and oxygen atoms in total. The highest BCUT2D eigenvalue weighted by molar-refractivity contribution is 8.39. The van der Waals surface area contributed by atoms with Crippen LogP contribution in [0.1, 0.15) is 80.6 Å². The Kier molecular flexibility index (Phi) is 39.1. The van der Waals surface area contributed by atoms with Crippen LogP contribution in [0.2, 0.25) is 0 Å². The minimum atomic E-state index is -2.60. The zero-order chi connectivity index (χ0) is 71.0. The van der Waals surface area contributed by atoms with Gasteiger partial charge < -0.3 is 140 Å². The zero-order valence-electron chi connectivity index (χ0n) is 54.5. The summed E-state index contributed by atoms with van der Waals surface area (Å²) >= 11 is 3.83. The van der Waals surface area contributed by atoms with Gasteiger partial charge >= 0.3 is 0 Å². The van der Waals surface area contributed by atoms with Crippen LogP contribution in [-0.2, 0) is 94.8 Å². The van der Waals surface area contributed by atoms with Crippen molar-refractivity contribution in [2.45, 2.75) is 190 Å². The van der Waals surface area contributed by atoms with Crippen molar-refractivity contribution in [1.29, 1.82) is 0 Å². The second kappa shape index (κ2) is 43.8. The van der Waals surface area contributed by atoms with Gasteiger partial charge in [0, 0.05) is 59.7 Å². The Morgan fingerprint density at radius 2 is 0.821 bits per heavy atom. The van der Waals surface area contributed by atoms with Crippen molar-refractivity contribution in [2.75, 3.05) is 112 Å². The SMILES string of the molecule is CC(=O)NC1C(OCCOCCNC(=O)CCC(NC(=O)CCC(NC(=O)CC(C)(C)COCC(C)(C)O[PH](=O)S)C(=O)NCCOCCOC2OC(CO)C(O)C(O)C2NC(C)=O)C(=O)NCCOCCOC2OC(CO)C(O)C(O)C2NC(C)=O)OC(CO)C(O)C1O. The maximum atomic E-state index is 13.8. The second-order valence-electron chi connectivity index (χ2n) is 24.0. The van der Waals surface area contributed by atoms with Gasteiger partial charge in [-0.1, -0.05) is 26.1 Å². The topological polar surface area (TPSA) is 533 Å². The van der Waals surface area contributed by atoms with Gasteiger partial charge in [-0.3, -0.25) is 42.9 Å². The van der Waals surface area contributed by atoms with Gasteiger partial charge in [-0.25, -0.2) is 0 Å². The minimum absolute atomic E-state index is 0.00230. The Morgan fingerprint density at radius 3 is 1.17 bits per heavy atom. The Morgan fingerprint density at radius 1 is 0.474 bits per heavy atom. The Hall–Kier alpha value is -4.46. The van der Waals surface area contributed by atoms with Crippen LogP contribution >= 0.6 is 19.5 Å². The highest BCUT2D eigenvalue weighted by Gasteiger charge is 2.48. The first-order chi connectivity index (χ1) is 44.8. The van der Waals surface area contributed by atoms with E-state index in [2.05, 4.69) is 54.8 Å². The number of carbonyl (C=O) groups is 8. The quantitative estimate of drug-likeness (QED) is 0.0153. The average molecular weight is 1410 g/mol. The fourth-order valence-electron chi connectivity index (χ4n) is 9.83. The highest BCUT2D eigenvalue weighted by Crippen LogP contribution is 2.34. The molecule has 0 spiro atoms. The first-order valence-corrected chi connectivity index (χ1v) is 33.6. The van der Waals surface area contributed by atoms with Gasteiger partial charge in [-0.05, 0) is 32.1 Å². The molecule has 550 valence electrons. The third-order valence-electron chi connectivity index (χ3n) is 14.5. The first kappa shape index (κ1) is 84.8. The van der Waals surface area contributed by atoms with Gasteiger partial charge in [0.05, 0.1) is 98.1 Å². The van der Waals surface area contributed by atoms with Crippen molar-refractivity contribution in [1.82, 2.24) is 42.5 Å². The number of hydrogen-bond acceptors (Lipinski definition) is 29. The third-order valence-corrected chi connectivity index (χ3v) is 15.5. The predicted molar refractivity (Wildman–Crippen MR) is 330 cm³/mol. The molecule has 18 atom stereocenters. The largest absolute Gasteiger partial charge is 0.394 e. The zero-order valence-corrected chi connectivity index (χ0v) is 56.4. The lowest BCUT2D eigenvalue weighted by Gasteiger charge is -2.42. The molecule has 3 aliphatic heterocycles. The molecule has 3 saturated heterocycles. The molecular weight excluding hydrogens is 1310 g/mol. The molecule has 0 aromatic rings. The first-order valence-electron chi connectivity index (χ1n) is 31.0. The Bertz CT molecular complexity index is 2400. The molecule has 8 amide bonds. The smallest absolute Gasteiger partial charge is 0.243 e. The summed E-state index contributed by atoms with van der Waals surface area (Å²) in [5, 5.41) is 112. The number of nitrogens with one attached hydrogen (secondary N) is 8. The number of amides is 8. The molecule has 0 radical (unpaired) electrons. The van der Waals surface area contributed by atoms with E-state index in [0.29, 0.717) is 0 Å². The van der Waals surface area contributed by atoms with Gasteiger partial charge in [0.2, 0.25) is 54.5 Å². The fraction of sp³-hybridized carbons (Fsp3) is 0.857. The van der Waals surface area contributed by atoms with Gasteiger partial charge in [0.1, 0.15) is 85.1 Å². The van der Waals surface area contributed by atoms with E-state index in [9.17, 15) is 88.9 Å². The number of ether oxygens (including phenoxy) is 10. The summed E-state index contributed by atoms with van der Waals surface area (Å²) < 4.78 is 73.0. The minimum Gasteiger partial charge on any atom is -0.394 e. The molecule has 0 aromatic heterocycles. The van der Waals surface area contributed by atoms with Crippen LogP contribution < -0.4 is 42.5 Å². The van der Waals surface area contributed by atoms with E-state index < -0.39 is 196 Å². The molecule has 17 N–H and O–H groups in total. The van der Waals surface area contributed by atoms with Crippen LogP contribution in [0, 0.1) is 5.41 Å². The predicted octanol–water partition coefficient (Wildman–Crippen LogP) is -7.66. The number of carbonyl (C=O) groups excluding carboxylic acids is 8. The van der Waals surface area contributed by atoms with Gasteiger partial charge in [0.15, 0.2) is 18.9 Å². The number of aliphatic hydroxyl groups excluding tert-OH is 9. The number of aliphatic hydroxyl groups is 9. The fourth-order valence-corrected chi connectivity index (χ4v) is 11.1. The average Bonchev–Trinajstić information content (AvgIpc) is 0.830. The number of thiol groups is 1. The summed E-state index contributed by atoms with van der Waals surface area (Å²) in [6, 6.07) is -6.29. The standard InChI is InChI=1S/C56H101N8O29PS/c1-30(68)60-41-47(77)44(74)35(25-65)90-52(41)87-21-18-83-15-12-57-38(71)10-8-33(50(80)58-13-16-84-19-22-88-53-42(61-31(2)69)48(78)45(75)36(26-66)91-53)63-39(72)11-9-34(64-40(73)24-55(4,5)28-86-29-56(6,7)93-94(82)95)51(81)59-14-17-85-20-23-89-54-43(62-32(3)70)49(79)46(76)37(27-67)92-54/h33-37,41-49,52-54,65-67,74-79,94H,8-29H2,1-7H3,(H,57,71)(H,58,80)(H,59,81)(H,60,68)(H,61,69)(H,62,70)(H,63,72)(H,64,73)(H,82,95). The van der Waals surface area contributed by atoms with Crippen LogP contribution in [0.15, 0.2) is 0 Å². The Labute approximate surface area is 556 Å². The number of rotatable bonds is 45. The molecule has 18 unspecified atom stereocenters. The monoisotopic (exact) mass is 1410 g/mol. The summed E-state index contributed by atoms with van der Waals surface area (Å²) in [5.74, 6) is -5.09. The van der Waals surface area contributed by atoms with Crippen molar-refractivity contribution in [3.63, 3.8) is 0 Å². The van der Waals surface area contributed by atoms with Crippen molar-refractivity contribution >= 4 is 66.7 Å². The molecular formula is C56H101N8O29PS. The lowest BCUT2D eigenvalue weighted by Crippen LogP contribution is -2.64. The lowest BCUT2D eigenvalue weighted by atomic mass is 9.89. The highest BCUT2D eigenvalue weighted by atomic mass is 32.7.